The smallest absolute Gasteiger partial charge is 0.329 e. The first kappa shape index (κ1) is 17.5. The maximum absolute atomic E-state index is 12.4. The highest BCUT2D eigenvalue weighted by atomic mass is 16.4. The highest BCUT2D eigenvalue weighted by Gasteiger charge is 2.40. The van der Waals surface area contributed by atoms with Gasteiger partial charge in [0.15, 0.2) is 0 Å². The number of aromatic nitrogens is 2. The molecule has 1 aromatic rings. The molecule has 1 aliphatic rings. The molecule has 1 saturated carbocycles. The molecule has 1 aliphatic carbocycles. The van der Waals surface area contributed by atoms with E-state index in [1.165, 1.54) is 0 Å². The number of carbonyl (C=O) groups excluding carboxylic acids is 1. The van der Waals surface area contributed by atoms with Gasteiger partial charge in [-0.15, -0.1) is 0 Å². The molecule has 2 N–H and O–H groups in total. The van der Waals surface area contributed by atoms with Crippen LogP contribution >= 0.6 is 0 Å². The van der Waals surface area contributed by atoms with E-state index in [9.17, 15) is 14.7 Å². The lowest BCUT2D eigenvalue weighted by Gasteiger charge is -2.30. The lowest BCUT2D eigenvalue weighted by Crippen LogP contribution is -2.54. The van der Waals surface area contributed by atoms with E-state index in [1.807, 2.05) is 31.5 Å². The van der Waals surface area contributed by atoms with E-state index in [1.54, 1.807) is 0 Å². The lowest BCUT2D eigenvalue weighted by molar-refractivity contribution is -0.148. The van der Waals surface area contributed by atoms with Gasteiger partial charge in [0, 0.05) is 12.1 Å². The van der Waals surface area contributed by atoms with Crippen molar-refractivity contribution in [3.63, 3.8) is 0 Å². The van der Waals surface area contributed by atoms with Crippen LogP contribution in [0.2, 0.25) is 0 Å². The Morgan fingerprint density at radius 3 is 2.39 bits per heavy atom. The summed E-state index contributed by atoms with van der Waals surface area (Å²) in [6.07, 6.45) is 5.03. The molecule has 0 aromatic carbocycles. The Kier molecular flexibility index (Phi) is 5.44. The van der Waals surface area contributed by atoms with Crippen LogP contribution < -0.4 is 5.32 Å². The molecule has 1 unspecified atom stereocenters. The molecule has 128 valence electrons. The second kappa shape index (κ2) is 7.15. The van der Waals surface area contributed by atoms with E-state index >= 15 is 0 Å². The van der Waals surface area contributed by atoms with Gasteiger partial charge < -0.3 is 10.4 Å². The van der Waals surface area contributed by atoms with Crippen molar-refractivity contribution in [1.29, 1.82) is 0 Å². The number of amides is 1. The molecule has 6 nitrogen and oxygen atoms in total. The Morgan fingerprint density at radius 2 is 1.91 bits per heavy atom. The summed E-state index contributed by atoms with van der Waals surface area (Å²) in [5.74, 6) is -1.12. The van der Waals surface area contributed by atoms with Gasteiger partial charge in [-0.3, -0.25) is 9.48 Å². The summed E-state index contributed by atoms with van der Waals surface area (Å²) in [6.45, 7) is 5.80. The van der Waals surface area contributed by atoms with Crippen molar-refractivity contribution in [3.05, 3.63) is 17.5 Å². The molecule has 1 amide bonds. The number of nitrogens with one attached hydrogen (secondary N) is 1. The fourth-order valence-electron chi connectivity index (χ4n) is 3.49. The second-order valence-electron chi connectivity index (χ2n) is 6.77. The summed E-state index contributed by atoms with van der Waals surface area (Å²) in [7, 11) is 0. The standard InChI is InChI=1S/C17H27N3O3/c1-12-10-13(2)20(19-12)14(3)11-15(21)18-17(16(22)23)8-6-4-5-7-9-17/h10,14H,4-9,11H2,1-3H3,(H,18,21)(H,22,23). The van der Waals surface area contributed by atoms with Crippen LogP contribution in [-0.4, -0.2) is 32.3 Å². The Bertz CT molecular complexity index is 572. The van der Waals surface area contributed by atoms with Gasteiger partial charge in [0.05, 0.1) is 11.7 Å². The maximum atomic E-state index is 12.4. The summed E-state index contributed by atoms with van der Waals surface area (Å²) >= 11 is 0. The van der Waals surface area contributed by atoms with Crippen molar-refractivity contribution in [2.24, 2.45) is 0 Å². The van der Waals surface area contributed by atoms with Gasteiger partial charge in [-0.05, 0) is 39.7 Å². The van der Waals surface area contributed by atoms with Gasteiger partial charge in [-0.2, -0.15) is 5.10 Å². The van der Waals surface area contributed by atoms with Gasteiger partial charge in [-0.1, -0.05) is 25.7 Å². The van der Waals surface area contributed by atoms with Gasteiger partial charge in [0.25, 0.3) is 0 Å². The van der Waals surface area contributed by atoms with Crippen molar-refractivity contribution < 1.29 is 14.7 Å². The van der Waals surface area contributed by atoms with Gasteiger partial charge in [0.1, 0.15) is 5.54 Å². The average molecular weight is 321 g/mol. The Hall–Kier alpha value is -1.85. The van der Waals surface area contributed by atoms with Crippen LogP contribution in [0, 0.1) is 13.8 Å². The lowest BCUT2D eigenvalue weighted by atomic mass is 9.90. The Morgan fingerprint density at radius 1 is 1.30 bits per heavy atom. The normalized spacial score (nSPS) is 18.9. The zero-order chi connectivity index (χ0) is 17.0. The number of aryl methyl sites for hydroxylation is 2. The van der Waals surface area contributed by atoms with Gasteiger partial charge in [0.2, 0.25) is 5.91 Å². The highest BCUT2D eigenvalue weighted by molar-refractivity contribution is 5.87. The third-order valence-corrected chi connectivity index (χ3v) is 4.69. The van der Waals surface area contributed by atoms with E-state index in [0.29, 0.717) is 12.8 Å². The van der Waals surface area contributed by atoms with Crippen molar-refractivity contribution in [2.75, 3.05) is 0 Å². The molecule has 23 heavy (non-hydrogen) atoms. The summed E-state index contributed by atoms with van der Waals surface area (Å²) in [5.41, 5.74) is 0.827. The van der Waals surface area contributed by atoms with Crippen LogP contribution in [0.1, 0.15) is 69.3 Å². The minimum absolute atomic E-state index is 0.0969. The number of carboxylic acid groups (broad SMARTS) is 1. The van der Waals surface area contributed by atoms with Gasteiger partial charge in [-0.25, -0.2) is 4.79 Å². The summed E-state index contributed by atoms with van der Waals surface area (Å²) in [6, 6.07) is 1.87. The number of nitrogens with zero attached hydrogens (tertiary/aromatic N) is 2. The van der Waals surface area contributed by atoms with Crippen LogP contribution in [0.25, 0.3) is 0 Å². The van der Waals surface area contributed by atoms with E-state index in [4.69, 9.17) is 0 Å². The minimum Gasteiger partial charge on any atom is -0.480 e. The van der Waals surface area contributed by atoms with Crippen LogP contribution in [0.4, 0.5) is 0 Å². The molecule has 0 bridgehead atoms. The molecule has 1 atom stereocenters. The van der Waals surface area contributed by atoms with Crippen LogP contribution in [0.5, 0.6) is 0 Å². The molecule has 1 fully saturated rings. The second-order valence-corrected chi connectivity index (χ2v) is 6.77. The predicted octanol–water partition coefficient (Wildman–Crippen LogP) is 2.74. The largest absolute Gasteiger partial charge is 0.480 e. The zero-order valence-electron chi connectivity index (χ0n) is 14.3. The van der Waals surface area contributed by atoms with E-state index in [0.717, 1.165) is 37.1 Å². The fraction of sp³-hybridized carbons (Fsp3) is 0.706. The molecule has 0 saturated heterocycles. The SMILES string of the molecule is Cc1cc(C)n(C(C)CC(=O)NC2(C(=O)O)CCCCCC2)n1. The third-order valence-electron chi connectivity index (χ3n) is 4.69. The fourth-order valence-corrected chi connectivity index (χ4v) is 3.49. The first-order valence-electron chi connectivity index (χ1n) is 8.41. The van der Waals surface area contributed by atoms with E-state index < -0.39 is 11.5 Å². The zero-order valence-corrected chi connectivity index (χ0v) is 14.3. The maximum Gasteiger partial charge on any atom is 0.329 e. The van der Waals surface area contributed by atoms with Gasteiger partial charge >= 0.3 is 5.97 Å². The topological polar surface area (TPSA) is 84.2 Å². The van der Waals surface area contributed by atoms with Crippen molar-refractivity contribution in [2.45, 2.75) is 77.3 Å². The van der Waals surface area contributed by atoms with Crippen molar-refractivity contribution in [1.82, 2.24) is 15.1 Å². The average Bonchev–Trinajstić information content (AvgIpc) is 2.67. The summed E-state index contributed by atoms with van der Waals surface area (Å²) in [4.78, 5) is 24.2. The minimum atomic E-state index is -1.09. The number of hydrogen-bond acceptors (Lipinski definition) is 3. The van der Waals surface area contributed by atoms with Crippen molar-refractivity contribution >= 4 is 11.9 Å². The summed E-state index contributed by atoms with van der Waals surface area (Å²) in [5, 5.41) is 16.8. The van der Waals surface area contributed by atoms with Crippen molar-refractivity contribution in [3.8, 4) is 0 Å². The first-order chi connectivity index (χ1) is 10.8. The Labute approximate surface area is 137 Å². The first-order valence-corrected chi connectivity index (χ1v) is 8.41. The van der Waals surface area contributed by atoms with E-state index in [-0.39, 0.29) is 18.4 Å². The van der Waals surface area contributed by atoms with Crippen LogP contribution in [-0.2, 0) is 9.59 Å². The monoisotopic (exact) mass is 321 g/mol. The molecule has 0 radical (unpaired) electrons. The number of carbonyl (C=O) groups is 2. The number of carboxylic acids is 1. The Balaban J connectivity index is 2.04. The number of aliphatic carboxylic acids is 1. The molecular weight excluding hydrogens is 294 g/mol. The number of hydrogen-bond donors (Lipinski definition) is 2. The van der Waals surface area contributed by atoms with E-state index in [2.05, 4.69) is 10.4 Å². The third kappa shape index (κ3) is 4.12. The highest BCUT2D eigenvalue weighted by Crippen LogP contribution is 2.28. The molecule has 0 aliphatic heterocycles. The summed E-state index contributed by atoms with van der Waals surface area (Å²) < 4.78 is 1.83. The molecule has 1 heterocycles. The quantitative estimate of drug-likeness (QED) is 0.817. The van der Waals surface area contributed by atoms with Crippen LogP contribution in [0.15, 0.2) is 6.07 Å². The molecule has 1 aromatic heterocycles. The number of rotatable bonds is 5. The molecule has 2 rings (SSSR count). The van der Waals surface area contributed by atoms with Crippen LogP contribution in [0.3, 0.4) is 0 Å². The predicted molar refractivity (Wildman–Crippen MR) is 87.2 cm³/mol. The molecule has 0 spiro atoms. The molecular formula is C17H27N3O3. The molecule has 6 heteroatoms.